The predicted molar refractivity (Wildman–Crippen MR) is 37.4 cm³/mol. The summed E-state index contributed by atoms with van der Waals surface area (Å²) in [5, 5.41) is 0. The summed E-state index contributed by atoms with van der Waals surface area (Å²) in [6, 6.07) is 0. The number of phosphoric acid groups is 1. The summed E-state index contributed by atoms with van der Waals surface area (Å²) in [4.78, 5) is 21.6. The van der Waals surface area contributed by atoms with Gasteiger partial charge in [-0.2, -0.15) is 0 Å². The zero-order valence-corrected chi connectivity index (χ0v) is 9.13. The van der Waals surface area contributed by atoms with Crippen LogP contribution in [0.1, 0.15) is 5.71 Å². The first kappa shape index (κ1) is 30.5. The largest absolute Gasteiger partial charge is 2.00 e. The first-order chi connectivity index (χ1) is 2.00. The average Bonchev–Trinajstić information content (AvgIpc) is 0.722. The second-order valence-electron chi connectivity index (χ2n) is 0.513. The SMILES string of the molecule is O.O.O=P(O)(O)O.[Ca+2].[H-].[H-].[H-].[H-].[Mg+2]. The fourth-order valence-electron chi connectivity index (χ4n) is 0. The molecule has 0 aliphatic carbocycles. The minimum Gasteiger partial charge on any atom is -1.00 e. The van der Waals surface area contributed by atoms with Crippen molar-refractivity contribution in [3.63, 3.8) is 0 Å². The van der Waals surface area contributed by atoms with Gasteiger partial charge in [-0.3, -0.25) is 0 Å². The van der Waals surface area contributed by atoms with Gasteiger partial charge in [-0.1, -0.05) is 0 Å². The van der Waals surface area contributed by atoms with Crippen LogP contribution in [0.5, 0.6) is 0 Å². The van der Waals surface area contributed by atoms with Crippen molar-refractivity contribution in [3.8, 4) is 0 Å². The van der Waals surface area contributed by atoms with Gasteiger partial charge < -0.3 is 31.3 Å². The molecule has 0 fully saturated rings. The minimum atomic E-state index is -4.64. The van der Waals surface area contributed by atoms with Gasteiger partial charge in [-0.15, -0.1) is 0 Å². The zero-order valence-electron chi connectivity index (χ0n) is 8.61. The van der Waals surface area contributed by atoms with Crippen LogP contribution in [-0.4, -0.2) is 86.4 Å². The Morgan fingerprint density at radius 1 is 1.11 bits per heavy atom. The van der Waals surface area contributed by atoms with E-state index in [-0.39, 0.29) is 77.4 Å². The molecule has 0 rings (SSSR count). The molecule has 0 aromatic carbocycles. The molecule has 0 bridgehead atoms. The molecule has 0 radical (unpaired) electrons. The van der Waals surface area contributed by atoms with E-state index in [1.807, 2.05) is 0 Å². The molecule has 6 nitrogen and oxygen atoms in total. The third-order valence-electron chi connectivity index (χ3n) is 0. The van der Waals surface area contributed by atoms with Gasteiger partial charge in [-0.25, -0.2) is 4.57 Å². The molecule has 0 heterocycles. The summed E-state index contributed by atoms with van der Waals surface area (Å²) in [6.07, 6.45) is 0. The molecule has 56 valence electrons. The third-order valence-corrected chi connectivity index (χ3v) is 0. The molecule has 0 aromatic heterocycles. The van der Waals surface area contributed by atoms with E-state index >= 15 is 0 Å². The molecule has 0 atom stereocenters. The molecule has 0 aromatic rings. The maximum atomic E-state index is 8.88. The second kappa shape index (κ2) is 12.7. The van der Waals surface area contributed by atoms with E-state index in [9.17, 15) is 0 Å². The molecule has 0 spiro atoms. The van der Waals surface area contributed by atoms with Crippen LogP contribution in [0.4, 0.5) is 0 Å². The average molecular weight is 202 g/mol. The minimum absolute atomic E-state index is 0. The van der Waals surface area contributed by atoms with E-state index in [0.717, 1.165) is 0 Å². The fourth-order valence-corrected chi connectivity index (χ4v) is 0. The van der Waals surface area contributed by atoms with E-state index in [1.165, 1.54) is 0 Å². The van der Waals surface area contributed by atoms with Crippen LogP contribution in [0.25, 0.3) is 0 Å². The monoisotopic (exact) mass is 202 g/mol. The van der Waals surface area contributed by atoms with Gasteiger partial charge in [0.15, 0.2) is 0 Å². The maximum absolute atomic E-state index is 8.88. The van der Waals surface area contributed by atoms with Crippen molar-refractivity contribution < 1.29 is 35.9 Å². The van der Waals surface area contributed by atoms with Crippen molar-refractivity contribution in [3.05, 3.63) is 0 Å². The smallest absolute Gasteiger partial charge is 1.00 e. The molecule has 0 aliphatic rings. The van der Waals surface area contributed by atoms with Crippen LogP contribution in [0.15, 0.2) is 0 Å². The molecule has 0 aliphatic heterocycles. The van der Waals surface area contributed by atoms with Crippen molar-refractivity contribution in [1.82, 2.24) is 0 Å². The normalized spacial score (nSPS) is 6.56. The van der Waals surface area contributed by atoms with Crippen molar-refractivity contribution in [2.24, 2.45) is 0 Å². The zero-order chi connectivity index (χ0) is 4.50. The van der Waals surface area contributed by atoms with Crippen molar-refractivity contribution in [2.45, 2.75) is 0 Å². The molecule has 0 unspecified atom stereocenters. The van der Waals surface area contributed by atoms with Gasteiger partial charge in [0.2, 0.25) is 0 Å². The van der Waals surface area contributed by atoms with Gasteiger partial charge in [-0.05, 0) is 0 Å². The van der Waals surface area contributed by atoms with E-state index in [0.29, 0.717) is 0 Å². The predicted octanol–water partition coefficient (Wildman–Crippen LogP) is -2.89. The molecule has 7 N–H and O–H groups in total. The fraction of sp³-hybridized carbons (Fsp3) is 0. The molecule has 0 saturated heterocycles. The number of hydrogen-bond donors (Lipinski definition) is 3. The Morgan fingerprint density at radius 2 is 1.11 bits per heavy atom. The van der Waals surface area contributed by atoms with E-state index < -0.39 is 7.82 Å². The number of hydrogen-bond acceptors (Lipinski definition) is 1. The quantitative estimate of drug-likeness (QED) is 0.286. The Morgan fingerprint density at radius 3 is 1.11 bits per heavy atom. The Hall–Kier alpha value is 2.06. The maximum Gasteiger partial charge on any atom is 2.00 e. The first-order valence-electron chi connectivity index (χ1n) is 0.783. The van der Waals surface area contributed by atoms with Crippen LogP contribution in [-0.2, 0) is 4.57 Å². The molecule has 9 heavy (non-hydrogen) atoms. The van der Waals surface area contributed by atoms with E-state index in [4.69, 9.17) is 19.2 Å². The molecular weight excluding hydrogens is 191 g/mol. The van der Waals surface area contributed by atoms with Gasteiger partial charge in [0, 0.05) is 0 Å². The Kier molecular flexibility index (Phi) is 43.0. The van der Waals surface area contributed by atoms with Crippen LogP contribution < -0.4 is 0 Å². The summed E-state index contributed by atoms with van der Waals surface area (Å²) >= 11 is 0. The van der Waals surface area contributed by atoms with E-state index in [1.54, 1.807) is 0 Å². The van der Waals surface area contributed by atoms with E-state index in [2.05, 4.69) is 0 Å². The molecule has 0 amide bonds. The van der Waals surface area contributed by atoms with Gasteiger partial charge in [0.25, 0.3) is 0 Å². The Balaban J connectivity index is -0.00000000286. The molecular formula is H11CaMgO6P. The first-order valence-corrected chi connectivity index (χ1v) is 2.35. The van der Waals surface area contributed by atoms with Crippen molar-refractivity contribution >= 4 is 68.6 Å². The summed E-state index contributed by atoms with van der Waals surface area (Å²) in [5.74, 6) is 0. The summed E-state index contributed by atoms with van der Waals surface area (Å²) in [5.41, 5.74) is 0. The summed E-state index contributed by atoms with van der Waals surface area (Å²) in [7, 11) is -4.64. The Labute approximate surface area is 104 Å². The van der Waals surface area contributed by atoms with Gasteiger partial charge in [0.1, 0.15) is 0 Å². The molecule has 9 heteroatoms. The van der Waals surface area contributed by atoms with Crippen LogP contribution in [0.3, 0.4) is 0 Å². The summed E-state index contributed by atoms with van der Waals surface area (Å²) < 4.78 is 8.88. The Bertz CT molecular complexity index is 70.8. The summed E-state index contributed by atoms with van der Waals surface area (Å²) in [6.45, 7) is 0. The number of rotatable bonds is 0. The van der Waals surface area contributed by atoms with Crippen molar-refractivity contribution in [1.29, 1.82) is 0 Å². The van der Waals surface area contributed by atoms with Crippen molar-refractivity contribution in [2.75, 3.05) is 0 Å². The van der Waals surface area contributed by atoms with Crippen LogP contribution in [0.2, 0.25) is 0 Å². The van der Waals surface area contributed by atoms with Crippen LogP contribution in [0, 0.1) is 0 Å². The van der Waals surface area contributed by atoms with Crippen LogP contribution >= 0.6 is 7.82 Å². The van der Waals surface area contributed by atoms with Gasteiger partial charge >= 0.3 is 68.6 Å². The standard InChI is InChI=1S/Ca.Mg.H3O4P.2H2O.4H/c;;1-5(2,3)4;;;;;;/h;;(H3,1,2,3,4);2*1H2;;;;/q2*+2;;;;4*-1. The van der Waals surface area contributed by atoms with Gasteiger partial charge in [0.05, 0.1) is 0 Å². The molecule has 0 saturated carbocycles. The third kappa shape index (κ3) is 154. The topological polar surface area (TPSA) is 141 Å². The second-order valence-corrected chi connectivity index (χ2v) is 1.54.